The highest BCUT2D eigenvalue weighted by Crippen LogP contribution is 2.49. The van der Waals surface area contributed by atoms with E-state index < -0.39 is 10.0 Å². The number of methoxy groups -OCH3 is 1. The van der Waals surface area contributed by atoms with E-state index in [-0.39, 0.29) is 6.04 Å². The van der Waals surface area contributed by atoms with Crippen molar-refractivity contribution >= 4 is 10.0 Å². The Morgan fingerprint density at radius 3 is 2.35 bits per heavy atom. The van der Waals surface area contributed by atoms with Gasteiger partial charge in [-0.2, -0.15) is 0 Å². The van der Waals surface area contributed by atoms with Crippen LogP contribution in [0.2, 0.25) is 0 Å². The van der Waals surface area contributed by atoms with Crippen LogP contribution in [-0.4, -0.2) is 45.8 Å². The molecule has 1 aliphatic heterocycles. The molecule has 3 rings (SSSR count). The number of sulfonamides is 1. The first-order valence-electron chi connectivity index (χ1n) is 8.20. The molecule has 1 spiro atoms. The summed E-state index contributed by atoms with van der Waals surface area (Å²) in [4.78, 5) is 2.49. The molecule has 2 aliphatic rings. The monoisotopic (exact) mass is 338 g/mol. The highest BCUT2D eigenvalue weighted by molar-refractivity contribution is 7.88. The molecular formula is C17H26N2O3S. The van der Waals surface area contributed by atoms with Crippen LogP contribution in [-0.2, 0) is 16.6 Å². The van der Waals surface area contributed by atoms with Gasteiger partial charge in [0.1, 0.15) is 5.75 Å². The van der Waals surface area contributed by atoms with Gasteiger partial charge < -0.3 is 4.74 Å². The average molecular weight is 338 g/mol. The normalized spacial score (nSPS) is 22.0. The number of ether oxygens (including phenoxy) is 1. The lowest BCUT2D eigenvalue weighted by atomic mass is 9.60. The van der Waals surface area contributed by atoms with E-state index in [9.17, 15) is 8.42 Å². The Morgan fingerprint density at radius 2 is 1.83 bits per heavy atom. The van der Waals surface area contributed by atoms with Crippen LogP contribution in [0.5, 0.6) is 5.75 Å². The summed E-state index contributed by atoms with van der Waals surface area (Å²) in [6.45, 7) is 3.17. The van der Waals surface area contributed by atoms with Crippen molar-refractivity contribution in [2.24, 2.45) is 5.41 Å². The Kier molecular flexibility index (Phi) is 4.67. The molecule has 1 aromatic carbocycles. The molecule has 2 fully saturated rings. The summed E-state index contributed by atoms with van der Waals surface area (Å²) in [5.74, 6) is 0.894. The van der Waals surface area contributed by atoms with Gasteiger partial charge in [0.25, 0.3) is 0 Å². The number of piperidine rings is 1. The number of hydrogen-bond acceptors (Lipinski definition) is 4. The SMILES string of the molecule is COc1ccc(CN2CCC3(CC2)CC(NS(C)(=O)=O)C3)cc1. The second kappa shape index (κ2) is 6.42. The van der Waals surface area contributed by atoms with Gasteiger partial charge in [-0.15, -0.1) is 0 Å². The van der Waals surface area contributed by atoms with E-state index in [0.717, 1.165) is 38.2 Å². The van der Waals surface area contributed by atoms with E-state index in [1.807, 2.05) is 12.1 Å². The molecule has 1 aromatic rings. The second-order valence-electron chi connectivity index (χ2n) is 7.12. The molecule has 1 saturated carbocycles. The standard InChI is InChI=1S/C17H26N2O3S/c1-22-16-5-3-14(4-6-16)13-19-9-7-17(8-10-19)11-15(12-17)18-23(2,20)21/h3-6,15,18H,7-13H2,1-2H3. The smallest absolute Gasteiger partial charge is 0.208 e. The average Bonchev–Trinajstić information content (AvgIpc) is 2.47. The maximum Gasteiger partial charge on any atom is 0.208 e. The molecule has 0 amide bonds. The summed E-state index contributed by atoms with van der Waals surface area (Å²) in [7, 11) is -1.38. The Bertz CT molecular complexity index is 626. The Morgan fingerprint density at radius 1 is 1.22 bits per heavy atom. The molecule has 23 heavy (non-hydrogen) atoms. The first kappa shape index (κ1) is 16.7. The van der Waals surface area contributed by atoms with Gasteiger partial charge in [0.05, 0.1) is 13.4 Å². The van der Waals surface area contributed by atoms with Crippen LogP contribution in [0.3, 0.4) is 0 Å². The van der Waals surface area contributed by atoms with Crippen molar-refractivity contribution in [1.82, 2.24) is 9.62 Å². The summed E-state index contributed by atoms with van der Waals surface area (Å²) in [6.07, 6.45) is 5.58. The fraction of sp³-hybridized carbons (Fsp3) is 0.647. The minimum atomic E-state index is -3.07. The van der Waals surface area contributed by atoms with Gasteiger partial charge in [-0.25, -0.2) is 13.1 Å². The summed E-state index contributed by atoms with van der Waals surface area (Å²) < 4.78 is 30.5. The highest BCUT2D eigenvalue weighted by atomic mass is 32.2. The minimum absolute atomic E-state index is 0.151. The second-order valence-corrected chi connectivity index (χ2v) is 8.90. The van der Waals surface area contributed by atoms with Gasteiger partial charge >= 0.3 is 0 Å². The lowest BCUT2D eigenvalue weighted by Gasteiger charge is -2.52. The fourth-order valence-corrected chi connectivity index (χ4v) is 4.73. The third-order valence-electron chi connectivity index (χ3n) is 5.22. The Hall–Kier alpha value is -1.11. The van der Waals surface area contributed by atoms with Crippen LogP contribution in [0.1, 0.15) is 31.2 Å². The van der Waals surface area contributed by atoms with Crippen LogP contribution < -0.4 is 9.46 Å². The maximum atomic E-state index is 11.3. The lowest BCUT2D eigenvalue weighted by Crippen LogP contribution is -2.54. The molecule has 0 aromatic heterocycles. The van der Waals surface area contributed by atoms with Crippen molar-refractivity contribution in [3.63, 3.8) is 0 Å². The molecule has 1 saturated heterocycles. The van der Waals surface area contributed by atoms with Crippen molar-refractivity contribution in [3.05, 3.63) is 29.8 Å². The molecule has 0 radical (unpaired) electrons. The van der Waals surface area contributed by atoms with E-state index in [0.29, 0.717) is 5.41 Å². The highest BCUT2D eigenvalue weighted by Gasteiger charge is 2.46. The van der Waals surface area contributed by atoms with Gasteiger partial charge in [0, 0.05) is 12.6 Å². The molecule has 1 N–H and O–H groups in total. The molecule has 128 valence electrons. The number of nitrogens with one attached hydrogen (secondary N) is 1. The quantitative estimate of drug-likeness (QED) is 0.892. The number of benzene rings is 1. The molecule has 0 unspecified atom stereocenters. The number of rotatable bonds is 5. The van der Waals surface area contributed by atoms with Gasteiger partial charge in [0.2, 0.25) is 10.0 Å². The van der Waals surface area contributed by atoms with Gasteiger partial charge in [-0.3, -0.25) is 4.90 Å². The Labute approximate surface area is 139 Å². The van der Waals surface area contributed by atoms with E-state index >= 15 is 0 Å². The van der Waals surface area contributed by atoms with Gasteiger partial charge in [-0.05, 0) is 61.9 Å². The van der Waals surface area contributed by atoms with E-state index in [1.54, 1.807) is 7.11 Å². The molecule has 0 bridgehead atoms. The van der Waals surface area contributed by atoms with E-state index in [2.05, 4.69) is 21.8 Å². The van der Waals surface area contributed by atoms with Crippen molar-refractivity contribution in [1.29, 1.82) is 0 Å². The van der Waals surface area contributed by atoms with E-state index in [4.69, 9.17) is 4.74 Å². The molecule has 0 atom stereocenters. The molecule has 1 heterocycles. The third-order valence-corrected chi connectivity index (χ3v) is 5.98. The summed E-state index contributed by atoms with van der Waals surface area (Å²) in [5, 5.41) is 0. The number of hydrogen-bond donors (Lipinski definition) is 1. The van der Waals surface area contributed by atoms with Crippen molar-refractivity contribution in [2.45, 2.75) is 38.3 Å². The number of likely N-dealkylation sites (tertiary alicyclic amines) is 1. The Balaban J connectivity index is 1.46. The maximum absolute atomic E-state index is 11.3. The predicted octanol–water partition coefficient (Wildman–Crippen LogP) is 1.99. The molecule has 1 aliphatic carbocycles. The van der Waals surface area contributed by atoms with Crippen molar-refractivity contribution in [3.8, 4) is 5.75 Å². The summed E-state index contributed by atoms with van der Waals surface area (Å²) >= 11 is 0. The zero-order valence-corrected chi connectivity index (χ0v) is 14.7. The molecule has 5 nitrogen and oxygen atoms in total. The van der Waals surface area contributed by atoms with Crippen LogP contribution in [0.25, 0.3) is 0 Å². The largest absolute Gasteiger partial charge is 0.497 e. The first-order chi connectivity index (χ1) is 10.9. The van der Waals surface area contributed by atoms with Gasteiger partial charge in [0.15, 0.2) is 0 Å². The topological polar surface area (TPSA) is 58.6 Å². The van der Waals surface area contributed by atoms with Crippen LogP contribution in [0, 0.1) is 5.41 Å². The van der Waals surface area contributed by atoms with Crippen LogP contribution in [0.4, 0.5) is 0 Å². The van der Waals surface area contributed by atoms with Crippen molar-refractivity contribution in [2.75, 3.05) is 26.5 Å². The molecular weight excluding hydrogens is 312 g/mol. The lowest BCUT2D eigenvalue weighted by molar-refractivity contribution is 0.0107. The number of nitrogens with zero attached hydrogens (tertiary/aromatic N) is 1. The van der Waals surface area contributed by atoms with E-state index in [1.165, 1.54) is 24.7 Å². The summed E-state index contributed by atoms with van der Waals surface area (Å²) in [6, 6.07) is 8.41. The minimum Gasteiger partial charge on any atom is -0.497 e. The predicted molar refractivity (Wildman–Crippen MR) is 90.9 cm³/mol. The summed E-state index contributed by atoms with van der Waals surface area (Å²) in [5.41, 5.74) is 1.69. The van der Waals surface area contributed by atoms with Gasteiger partial charge in [-0.1, -0.05) is 12.1 Å². The zero-order valence-electron chi connectivity index (χ0n) is 13.9. The third kappa shape index (κ3) is 4.25. The van der Waals surface area contributed by atoms with Crippen molar-refractivity contribution < 1.29 is 13.2 Å². The van der Waals surface area contributed by atoms with Crippen LogP contribution in [0.15, 0.2) is 24.3 Å². The van der Waals surface area contributed by atoms with Crippen LogP contribution >= 0.6 is 0 Å². The fourth-order valence-electron chi connectivity index (χ4n) is 3.95. The zero-order chi connectivity index (χ0) is 16.5. The first-order valence-corrected chi connectivity index (χ1v) is 10.1. The molecule has 6 heteroatoms.